The van der Waals surface area contributed by atoms with Gasteiger partial charge in [0.15, 0.2) is 17.5 Å². The number of pyridine rings is 4. The standard InChI is InChI=1S/C49H31N7/c1-3-19-52-45(11-1)36-9-5-7-32(23-36)42-27-43(33-8-6-10-37(24-33)46-12-2-4-20-53-46)29-44(28-42)49-55-47(38-13-15-40-30-50-21-17-34(40)25-38)54-48(56-49)39-14-16-41-31-51-22-18-35(41)26-39/h1-31H. The van der Waals surface area contributed by atoms with Crippen LogP contribution in [0, 0.1) is 0 Å². The number of nitrogens with zero attached hydrogens (tertiary/aromatic N) is 7. The van der Waals surface area contributed by atoms with Crippen LogP contribution in [0.15, 0.2) is 189 Å². The van der Waals surface area contributed by atoms with Crippen LogP contribution >= 0.6 is 0 Å². The zero-order valence-electron chi connectivity index (χ0n) is 30.0. The molecule has 7 nitrogen and oxygen atoms in total. The predicted molar refractivity (Wildman–Crippen MR) is 224 cm³/mol. The minimum atomic E-state index is 0.569. The monoisotopic (exact) mass is 717 g/mol. The Hall–Kier alpha value is -7.77. The summed E-state index contributed by atoms with van der Waals surface area (Å²) in [6, 6.07) is 52.0. The lowest BCUT2D eigenvalue weighted by molar-refractivity contribution is 1.08. The first-order valence-corrected chi connectivity index (χ1v) is 18.3. The molecule has 5 heterocycles. The van der Waals surface area contributed by atoms with Crippen LogP contribution in [0.25, 0.3) is 100 Å². The smallest absolute Gasteiger partial charge is 0.164 e. The van der Waals surface area contributed by atoms with E-state index in [0.29, 0.717) is 17.5 Å². The van der Waals surface area contributed by atoms with E-state index in [-0.39, 0.29) is 0 Å². The maximum absolute atomic E-state index is 5.20. The van der Waals surface area contributed by atoms with Gasteiger partial charge in [-0.3, -0.25) is 19.9 Å². The highest BCUT2D eigenvalue weighted by Crippen LogP contribution is 2.36. The van der Waals surface area contributed by atoms with Crippen LogP contribution in [0.2, 0.25) is 0 Å². The van der Waals surface area contributed by atoms with Gasteiger partial charge in [0, 0.05) is 75.8 Å². The lowest BCUT2D eigenvalue weighted by Gasteiger charge is -2.14. The van der Waals surface area contributed by atoms with Crippen molar-refractivity contribution in [1.29, 1.82) is 0 Å². The van der Waals surface area contributed by atoms with Gasteiger partial charge in [-0.1, -0.05) is 72.8 Å². The number of fused-ring (bicyclic) bond motifs is 2. The summed E-state index contributed by atoms with van der Waals surface area (Å²) in [4.78, 5) is 33.4. The van der Waals surface area contributed by atoms with E-state index in [2.05, 4.69) is 111 Å². The van der Waals surface area contributed by atoms with E-state index in [1.54, 1.807) is 12.4 Å². The van der Waals surface area contributed by atoms with Gasteiger partial charge < -0.3 is 0 Å². The number of benzene rings is 5. The summed E-state index contributed by atoms with van der Waals surface area (Å²) in [5, 5.41) is 4.22. The first-order chi connectivity index (χ1) is 27.7. The fraction of sp³-hybridized carbons (Fsp3) is 0. The molecule has 0 bridgehead atoms. The van der Waals surface area contributed by atoms with E-state index in [1.165, 1.54) is 0 Å². The largest absolute Gasteiger partial charge is 0.264 e. The average molecular weight is 718 g/mol. The lowest BCUT2D eigenvalue weighted by Crippen LogP contribution is -2.01. The van der Waals surface area contributed by atoms with E-state index in [0.717, 1.165) is 83.0 Å². The quantitative estimate of drug-likeness (QED) is 0.162. The van der Waals surface area contributed by atoms with E-state index in [1.807, 2.05) is 85.5 Å². The molecule has 0 aliphatic rings. The van der Waals surface area contributed by atoms with Crippen LogP contribution < -0.4 is 0 Å². The molecule has 0 fully saturated rings. The van der Waals surface area contributed by atoms with Crippen LogP contribution in [-0.2, 0) is 0 Å². The van der Waals surface area contributed by atoms with Gasteiger partial charge in [0.1, 0.15) is 0 Å². The summed E-state index contributed by atoms with van der Waals surface area (Å²) in [7, 11) is 0. The summed E-state index contributed by atoms with van der Waals surface area (Å²) >= 11 is 0. The Morgan fingerprint density at radius 1 is 0.268 bits per heavy atom. The maximum atomic E-state index is 5.20. The van der Waals surface area contributed by atoms with Crippen molar-refractivity contribution < 1.29 is 0 Å². The van der Waals surface area contributed by atoms with Gasteiger partial charge in [-0.05, 0) is 112 Å². The zero-order valence-corrected chi connectivity index (χ0v) is 30.0. The molecule has 0 aliphatic heterocycles. The van der Waals surface area contributed by atoms with Gasteiger partial charge in [-0.25, -0.2) is 15.0 Å². The minimum Gasteiger partial charge on any atom is -0.264 e. The van der Waals surface area contributed by atoms with Crippen LogP contribution in [0.3, 0.4) is 0 Å². The zero-order chi connectivity index (χ0) is 37.3. The average Bonchev–Trinajstić information content (AvgIpc) is 3.29. The molecule has 0 aliphatic carbocycles. The van der Waals surface area contributed by atoms with Crippen molar-refractivity contribution in [3.63, 3.8) is 0 Å². The normalized spacial score (nSPS) is 11.2. The summed E-state index contributed by atoms with van der Waals surface area (Å²) in [5.74, 6) is 1.74. The van der Waals surface area contributed by atoms with Gasteiger partial charge in [0.2, 0.25) is 0 Å². The van der Waals surface area contributed by atoms with E-state index in [9.17, 15) is 0 Å². The van der Waals surface area contributed by atoms with Gasteiger partial charge in [-0.2, -0.15) is 0 Å². The molecule has 262 valence electrons. The van der Waals surface area contributed by atoms with Gasteiger partial charge in [-0.15, -0.1) is 0 Å². The molecule has 5 aromatic carbocycles. The summed E-state index contributed by atoms with van der Waals surface area (Å²) in [6.07, 6.45) is 11.0. The highest BCUT2D eigenvalue weighted by molar-refractivity contribution is 5.88. The Morgan fingerprint density at radius 2 is 0.714 bits per heavy atom. The van der Waals surface area contributed by atoms with Crippen molar-refractivity contribution in [1.82, 2.24) is 34.9 Å². The van der Waals surface area contributed by atoms with E-state index >= 15 is 0 Å². The van der Waals surface area contributed by atoms with E-state index in [4.69, 9.17) is 15.0 Å². The molecule has 0 amide bonds. The Morgan fingerprint density at radius 3 is 1.20 bits per heavy atom. The fourth-order valence-corrected chi connectivity index (χ4v) is 7.08. The van der Waals surface area contributed by atoms with Crippen LogP contribution in [0.1, 0.15) is 0 Å². The molecule has 0 radical (unpaired) electrons. The third-order valence-corrected chi connectivity index (χ3v) is 9.94. The van der Waals surface area contributed by atoms with Crippen molar-refractivity contribution in [2.45, 2.75) is 0 Å². The Kier molecular flexibility index (Phi) is 8.35. The van der Waals surface area contributed by atoms with Gasteiger partial charge in [0.25, 0.3) is 0 Å². The fourth-order valence-electron chi connectivity index (χ4n) is 7.08. The molecular formula is C49H31N7. The SMILES string of the molecule is c1ccc(-c2cccc(-c3cc(-c4cccc(-c5ccccn5)c4)cc(-c4nc(-c5ccc6cnccc6c5)nc(-c5ccc6cnccc6c5)n4)c3)c2)nc1. The summed E-state index contributed by atoms with van der Waals surface area (Å²) in [6.45, 7) is 0. The van der Waals surface area contributed by atoms with Crippen LogP contribution in [0.4, 0.5) is 0 Å². The molecule has 10 rings (SSSR count). The first kappa shape index (κ1) is 32.8. The van der Waals surface area contributed by atoms with Gasteiger partial charge in [0.05, 0.1) is 11.4 Å². The molecule has 0 N–H and O–H groups in total. The van der Waals surface area contributed by atoms with Crippen molar-refractivity contribution in [2.24, 2.45) is 0 Å². The molecule has 56 heavy (non-hydrogen) atoms. The van der Waals surface area contributed by atoms with Crippen molar-refractivity contribution >= 4 is 21.5 Å². The summed E-state index contributed by atoms with van der Waals surface area (Å²) < 4.78 is 0. The topological polar surface area (TPSA) is 90.2 Å². The predicted octanol–water partition coefficient (Wildman–Crippen LogP) is 11.4. The van der Waals surface area contributed by atoms with Crippen molar-refractivity contribution in [3.8, 4) is 78.9 Å². The molecule has 7 heteroatoms. The number of aromatic nitrogens is 7. The highest BCUT2D eigenvalue weighted by Gasteiger charge is 2.16. The third kappa shape index (κ3) is 6.54. The van der Waals surface area contributed by atoms with Gasteiger partial charge >= 0.3 is 0 Å². The molecule has 0 unspecified atom stereocenters. The molecule has 0 saturated heterocycles. The van der Waals surface area contributed by atoms with Crippen LogP contribution in [0.5, 0.6) is 0 Å². The first-order valence-electron chi connectivity index (χ1n) is 18.3. The van der Waals surface area contributed by atoms with Crippen molar-refractivity contribution in [2.75, 3.05) is 0 Å². The molecular weight excluding hydrogens is 687 g/mol. The molecule has 0 atom stereocenters. The number of hydrogen-bond acceptors (Lipinski definition) is 7. The molecule has 10 aromatic rings. The summed E-state index contributed by atoms with van der Waals surface area (Å²) in [5.41, 5.74) is 10.7. The number of rotatable bonds is 7. The molecule has 5 aromatic heterocycles. The van der Waals surface area contributed by atoms with E-state index < -0.39 is 0 Å². The van der Waals surface area contributed by atoms with Crippen LogP contribution in [-0.4, -0.2) is 34.9 Å². The Labute approximate surface area is 323 Å². The third-order valence-electron chi connectivity index (χ3n) is 9.94. The Bertz CT molecular complexity index is 2840. The minimum absolute atomic E-state index is 0.569. The maximum Gasteiger partial charge on any atom is 0.164 e. The second-order valence-electron chi connectivity index (χ2n) is 13.6. The second-order valence-corrected chi connectivity index (χ2v) is 13.6. The molecule has 0 saturated carbocycles. The lowest BCUT2D eigenvalue weighted by atomic mass is 9.93. The second kappa shape index (κ2) is 14.2. The Balaban J connectivity index is 1.19. The molecule has 0 spiro atoms. The van der Waals surface area contributed by atoms with Crippen molar-refractivity contribution in [3.05, 3.63) is 189 Å². The number of hydrogen-bond donors (Lipinski definition) is 0. The highest BCUT2D eigenvalue weighted by atomic mass is 15.0.